The number of carbonyl (C=O) groups is 1. The average molecular weight is 358 g/mol. The summed E-state index contributed by atoms with van der Waals surface area (Å²) >= 11 is 0. The molecule has 2 aliphatic heterocycles. The second kappa shape index (κ2) is 7.76. The number of hydrogen-bond donors (Lipinski definition) is 0. The summed E-state index contributed by atoms with van der Waals surface area (Å²) < 4.78 is 0. The predicted molar refractivity (Wildman–Crippen MR) is 81.7 cm³/mol. The topological polar surface area (TPSA) is 43.5 Å². The summed E-state index contributed by atoms with van der Waals surface area (Å²) in [6.45, 7) is 4.21. The summed E-state index contributed by atoms with van der Waals surface area (Å²) in [4.78, 5) is 15.1. The van der Waals surface area contributed by atoms with Crippen LogP contribution in [0, 0.1) is 6.92 Å². The van der Waals surface area contributed by atoms with Crippen LogP contribution < -0.4 is 0 Å². The van der Waals surface area contributed by atoms with Crippen LogP contribution in [0.5, 0.6) is 0 Å². The average Bonchev–Trinajstić information content (AvgIpc) is 2.49. The van der Waals surface area contributed by atoms with Crippen LogP contribution in [0.25, 0.3) is 5.32 Å². The van der Waals surface area contributed by atoms with E-state index in [1.54, 1.807) is 0 Å². The summed E-state index contributed by atoms with van der Waals surface area (Å²) in [6.07, 6.45) is 5.65. The van der Waals surface area contributed by atoms with Crippen LogP contribution in [0.4, 0.5) is 0 Å². The van der Waals surface area contributed by atoms with Gasteiger partial charge in [0, 0.05) is 51.3 Å². The Labute approximate surface area is 151 Å². The standard InChI is InChI=1S/C17H21N2O.Y/c1-12-10-14(15-3-5-17(20)19-11-15)2-4-16(12)13-6-8-18-9-7-13;/h2,4,10-11,13,15H,3,5-9H2,1H3;/q-1;. The molecule has 1 atom stereocenters. The maximum absolute atomic E-state index is 11.2. The zero-order chi connectivity index (χ0) is 13.9. The third kappa shape index (κ3) is 4.09. The molecule has 0 saturated carbocycles. The van der Waals surface area contributed by atoms with Crippen LogP contribution in [0.3, 0.4) is 0 Å². The Morgan fingerprint density at radius 3 is 2.57 bits per heavy atom. The monoisotopic (exact) mass is 358 g/mol. The first-order valence-corrected chi connectivity index (χ1v) is 7.55. The maximum Gasteiger partial charge on any atom is 0.245 e. The smallest absolute Gasteiger partial charge is 0.245 e. The van der Waals surface area contributed by atoms with E-state index in [0.717, 1.165) is 19.5 Å². The van der Waals surface area contributed by atoms with Crippen LogP contribution in [0.2, 0.25) is 0 Å². The van der Waals surface area contributed by atoms with E-state index >= 15 is 0 Å². The van der Waals surface area contributed by atoms with Gasteiger partial charge in [0.1, 0.15) is 0 Å². The molecule has 0 bridgehead atoms. The van der Waals surface area contributed by atoms with Crippen LogP contribution in [-0.4, -0.2) is 25.2 Å². The number of rotatable bonds is 2. The molecule has 21 heavy (non-hydrogen) atoms. The summed E-state index contributed by atoms with van der Waals surface area (Å²) in [5.74, 6) is 0.991. The van der Waals surface area contributed by atoms with Gasteiger partial charge in [-0.25, -0.2) is 4.99 Å². The van der Waals surface area contributed by atoms with Gasteiger partial charge in [0.05, 0.1) is 0 Å². The molecule has 0 aromatic heterocycles. The van der Waals surface area contributed by atoms with Gasteiger partial charge in [-0.2, -0.15) is 0 Å². The first-order chi connectivity index (χ1) is 9.74. The van der Waals surface area contributed by atoms with Gasteiger partial charge in [-0.05, 0) is 36.0 Å². The van der Waals surface area contributed by atoms with E-state index in [4.69, 9.17) is 0 Å². The summed E-state index contributed by atoms with van der Waals surface area (Å²) in [5.41, 5.74) is 4.15. The fourth-order valence-corrected chi connectivity index (χ4v) is 3.29. The molecule has 3 nitrogen and oxygen atoms in total. The van der Waals surface area contributed by atoms with Crippen molar-refractivity contribution in [2.24, 2.45) is 4.99 Å². The van der Waals surface area contributed by atoms with Crippen molar-refractivity contribution >= 4 is 12.1 Å². The molecule has 0 N–H and O–H groups in total. The predicted octanol–water partition coefficient (Wildman–Crippen LogP) is 3.72. The normalized spacial score (nSPS) is 22.9. The molecule has 2 aliphatic rings. The van der Waals surface area contributed by atoms with E-state index in [0.29, 0.717) is 18.3 Å². The van der Waals surface area contributed by atoms with Crippen LogP contribution in [0.1, 0.15) is 54.2 Å². The molecule has 2 heterocycles. The minimum Gasteiger partial charge on any atom is -0.662 e. The minimum absolute atomic E-state index is 0. The number of piperidine rings is 1. The molecule has 0 aliphatic carbocycles. The van der Waals surface area contributed by atoms with Crippen molar-refractivity contribution in [3.05, 3.63) is 40.2 Å². The SMILES string of the molecule is Cc1cc(C2C=NC(=O)CC2)ccc1C1CC[N-]CC1.[Y]. The Balaban J connectivity index is 0.00000161. The molecule has 3 rings (SSSR count). The number of hydrogen-bond acceptors (Lipinski definition) is 1. The number of carbonyl (C=O) groups excluding carboxylic acids is 1. The molecule has 1 amide bonds. The molecule has 109 valence electrons. The quantitative estimate of drug-likeness (QED) is 0.795. The molecule has 1 radical (unpaired) electrons. The summed E-state index contributed by atoms with van der Waals surface area (Å²) in [7, 11) is 0. The van der Waals surface area contributed by atoms with Crippen molar-refractivity contribution in [3.8, 4) is 0 Å². The first-order valence-electron chi connectivity index (χ1n) is 7.55. The van der Waals surface area contributed by atoms with Crippen LogP contribution in [0.15, 0.2) is 23.2 Å². The molecule has 1 unspecified atom stereocenters. The largest absolute Gasteiger partial charge is 0.662 e. The van der Waals surface area contributed by atoms with Gasteiger partial charge in [0.25, 0.3) is 0 Å². The van der Waals surface area contributed by atoms with E-state index in [1.807, 2.05) is 6.21 Å². The van der Waals surface area contributed by atoms with E-state index < -0.39 is 0 Å². The van der Waals surface area contributed by atoms with Gasteiger partial charge >= 0.3 is 0 Å². The number of aliphatic imine (C=N–C) groups is 1. The zero-order valence-electron chi connectivity index (χ0n) is 12.6. The minimum atomic E-state index is 0. The van der Waals surface area contributed by atoms with Crippen molar-refractivity contribution < 1.29 is 37.5 Å². The van der Waals surface area contributed by atoms with Crippen molar-refractivity contribution in [2.75, 3.05) is 13.1 Å². The molecular formula is C17H21N2OY-. The molecule has 4 heteroatoms. The van der Waals surface area contributed by atoms with Crippen molar-refractivity contribution in [1.82, 2.24) is 0 Å². The van der Waals surface area contributed by atoms with Gasteiger partial charge in [-0.3, -0.25) is 4.79 Å². The van der Waals surface area contributed by atoms with Crippen LogP contribution in [-0.2, 0) is 37.5 Å². The Bertz CT molecular complexity index is 536. The third-order valence-electron chi connectivity index (χ3n) is 4.50. The molecule has 0 spiro atoms. The van der Waals surface area contributed by atoms with E-state index in [-0.39, 0.29) is 38.6 Å². The first kappa shape index (κ1) is 17.0. The summed E-state index contributed by atoms with van der Waals surface area (Å²) in [6, 6.07) is 6.79. The Hall–Kier alpha value is -0.376. The Kier molecular flexibility index (Phi) is 6.27. The fraction of sp³-hybridized carbons (Fsp3) is 0.529. The second-order valence-corrected chi connectivity index (χ2v) is 5.88. The molecular weight excluding hydrogens is 337 g/mol. The summed E-state index contributed by atoms with van der Waals surface area (Å²) in [5, 5.41) is 4.43. The van der Waals surface area contributed by atoms with Crippen molar-refractivity contribution in [3.63, 3.8) is 0 Å². The molecule has 1 aromatic carbocycles. The molecule has 1 aromatic rings. The number of aryl methyl sites for hydroxylation is 1. The number of nitrogens with zero attached hydrogens (tertiary/aromatic N) is 2. The van der Waals surface area contributed by atoms with Crippen LogP contribution >= 0.6 is 0 Å². The Morgan fingerprint density at radius 2 is 1.95 bits per heavy atom. The van der Waals surface area contributed by atoms with Gasteiger partial charge in [-0.15, -0.1) is 13.1 Å². The molecule has 1 fully saturated rings. The van der Waals surface area contributed by atoms with Gasteiger partial charge < -0.3 is 5.32 Å². The van der Waals surface area contributed by atoms with Crippen molar-refractivity contribution in [2.45, 2.75) is 44.4 Å². The van der Waals surface area contributed by atoms with Gasteiger partial charge in [-0.1, -0.05) is 31.0 Å². The molecule has 1 saturated heterocycles. The second-order valence-electron chi connectivity index (χ2n) is 5.88. The fourth-order valence-electron chi connectivity index (χ4n) is 3.29. The maximum atomic E-state index is 11.2. The van der Waals surface area contributed by atoms with Gasteiger partial charge in [0.15, 0.2) is 0 Å². The van der Waals surface area contributed by atoms with Gasteiger partial charge in [0.2, 0.25) is 5.91 Å². The number of amides is 1. The number of benzene rings is 1. The Morgan fingerprint density at radius 1 is 1.19 bits per heavy atom. The third-order valence-corrected chi connectivity index (χ3v) is 4.50. The van der Waals surface area contributed by atoms with E-state index in [9.17, 15) is 4.79 Å². The van der Waals surface area contributed by atoms with Crippen molar-refractivity contribution in [1.29, 1.82) is 0 Å². The zero-order valence-corrected chi connectivity index (χ0v) is 15.4. The van der Waals surface area contributed by atoms with E-state index in [1.165, 1.54) is 29.5 Å². The van der Waals surface area contributed by atoms with E-state index in [2.05, 4.69) is 35.4 Å².